The van der Waals surface area contributed by atoms with Crippen LogP contribution >= 0.6 is 57.4 Å². The van der Waals surface area contributed by atoms with Crippen LogP contribution in [-0.2, 0) is 4.79 Å². The first-order chi connectivity index (χ1) is 6.37. The molecule has 0 aromatic heterocycles. The summed E-state index contributed by atoms with van der Waals surface area (Å²) >= 11 is 16.8. The number of rotatable bonds is 0. The van der Waals surface area contributed by atoms with Crippen molar-refractivity contribution in [2.24, 2.45) is 0 Å². The van der Waals surface area contributed by atoms with Gasteiger partial charge in [0.25, 0.3) is 0 Å². The summed E-state index contributed by atoms with van der Waals surface area (Å²) in [5.41, 5.74) is 6.37. The summed E-state index contributed by atoms with van der Waals surface area (Å²) in [6.45, 7) is 0. The molecule has 0 fully saturated rings. The van der Waals surface area contributed by atoms with E-state index in [2.05, 4.69) is 22.6 Å². The van der Waals surface area contributed by atoms with E-state index in [9.17, 15) is 4.79 Å². The third kappa shape index (κ3) is 7.67. The number of alkyl halides is 3. The number of benzene rings is 1. The zero-order valence-electron chi connectivity index (χ0n) is 6.88. The minimum atomic E-state index is -1.72. The van der Waals surface area contributed by atoms with Gasteiger partial charge in [0.1, 0.15) is 0 Å². The second kappa shape index (κ2) is 6.71. The normalized spacial score (nSPS) is 10.0. The maximum atomic E-state index is 9.43. The summed E-state index contributed by atoms with van der Waals surface area (Å²) in [6.07, 6.45) is 0.234. The highest BCUT2D eigenvalue weighted by Crippen LogP contribution is 2.21. The van der Waals surface area contributed by atoms with Gasteiger partial charge in [-0.2, -0.15) is 0 Å². The molecule has 0 amide bonds. The topological polar surface area (TPSA) is 43.1 Å². The predicted octanol–water partition coefficient (Wildman–Crippen LogP) is 3.43. The molecule has 1 aromatic rings. The number of hydrogen-bond acceptors (Lipinski definition) is 2. The number of aldehydes is 1. The second-order valence-electron chi connectivity index (χ2n) is 2.18. The molecule has 0 bridgehead atoms. The van der Waals surface area contributed by atoms with Crippen LogP contribution in [0, 0.1) is 3.57 Å². The summed E-state index contributed by atoms with van der Waals surface area (Å²) in [6, 6.07) is 7.77. The molecule has 2 nitrogen and oxygen atoms in total. The van der Waals surface area contributed by atoms with Gasteiger partial charge in [-0.1, -0.05) is 46.9 Å². The zero-order chi connectivity index (χ0) is 11.2. The molecule has 1 rings (SSSR count). The van der Waals surface area contributed by atoms with Gasteiger partial charge in [-0.25, -0.2) is 0 Å². The summed E-state index contributed by atoms with van der Waals surface area (Å²) < 4.78 is -0.606. The van der Waals surface area contributed by atoms with E-state index in [1.54, 1.807) is 0 Å². The van der Waals surface area contributed by atoms with Gasteiger partial charge < -0.3 is 5.73 Å². The molecule has 0 spiro atoms. The second-order valence-corrected chi connectivity index (χ2v) is 5.71. The molecule has 1 aromatic carbocycles. The SMILES string of the molecule is Nc1ccccc1I.O=CC(Cl)(Cl)Cl. The lowest BCUT2D eigenvalue weighted by atomic mass is 10.3. The van der Waals surface area contributed by atoms with E-state index in [1.165, 1.54) is 0 Å². The van der Waals surface area contributed by atoms with Crippen molar-refractivity contribution < 1.29 is 4.79 Å². The van der Waals surface area contributed by atoms with Crippen LogP contribution in [0.2, 0.25) is 0 Å². The maximum absolute atomic E-state index is 9.43. The molecule has 2 N–H and O–H groups in total. The molecule has 0 saturated carbocycles. The van der Waals surface area contributed by atoms with Crippen LogP contribution in [0.3, 0.4) is 0 Å². The lowest BCUT2D eigenvalue weighted by Gasteiger charge is -1.93. The largest absolute Gasteiger partial charge is 0.398 e. The molecule has 0 heterocycles. The Morgan fingerprint density at radius 2 is 1.71 bits per heavy atom. The first-order valence-electron chi connectivity index (χ1n) is 3.40. The summed E-state index contributed by atoms with van der Waals surface area (Å²) in [5.74, 6) is 0. The molecule has 78 valence electrons. The van der Waals surface area contributed by atoms with E-state index < -0.39 is 3.79 Å². The van der Waals surface area contributed by atoms with Crippen LogP contribution in [0.5, 0.6) is 0 Å². The standard InChI is InChI=1S/C6H6IN.C2HCl3O/c7-5-3-1-2-4-6(5)8;3-2(4,5)1-6/h1-4H,8H2;1H. The Hall–Kier alpha value is 0.290. The van der Waals surface area contributed by atoms with Crippen molar-refractivity contribution >= 4 is 69.4 Å². The number of para-hydroxylation sites is 1. The molecule has 0 atom stereocenters. The highest BCUT2D eigenvalue weighted by atomic mass is 127. The molecule has 0 unspecified atom stereocenters. The van der Waals surface area contributed by atoms with E-state index in [4.69, 9.17) is 40.5 Å². The maximum Gasteiger partial charge on any atom is 0.245 e. The fraction of sp³-hybridized carbons (Fsp3) is 0.125. The van der Waals surface area contributed by atoms with Gasteiger partial charge in [-0.3, -0.25) is 4.79 Å². The number of halogens is 4. The summed E-state index contributed by atoms with van der Waals surface area (Å²) in [4.78, 5) is 9.43. The number of carbonyl (C=O) groups is 1. The van der Waals surface area contributed by atoms with Gasteiger partial charge in [0.05, 0.1) is 0 Å². The number of hydrogen-bond donors (Lipinski definition) is 1. The fourth-order valence-electron chi connectivity index (χ4n) is 0.475. The smallest absolute Gasteiger partial charge is 0.245 e. The van der Waals surface area contributed by atoms with Gasteiger partial charge in [-0.05, 0) is 34.7 Å². The highest BCUT2D eigenvalue weighted by Gasteiger charge is 2.16. The van der Waals surface area contributed by atoms with Crippen LogP contribution < -0.4 is 5.73 Å². The molecular formula is C8H7Cl3INO. The number of carbonyl (C=O) groups excluding carboxylic acids is 1. The highest BCUT2D eigenvalue weighted by molar-refractivity contribution is 14.1. The lowest BCUT2D eigenvalue weighted by Crippen LogP contribution is -2.00. The monoisotopic (exact) mass is 365 g/mol. The minimum absolute atomic E-state index is 0.234. The van der Waals surface area contributed by atoms with Crippen molar-refractivity contribution in [1.82, 2.24) is 0 Å². The van der Waals surface area contributed by atoms with Gasteiger partial charge in [0.15, 0.2) is 6.29 Å². The zero-order valence-corrected chi connectivity index (χ0v) is 11.3. The van der Waals surface area contributed by atoms with Crippen LogP contribution in [0.25, 0.3) is 0 Å². The third-order valence-electron chi connectivity index (χ3n) is 1.04. The Labute approximate surface area is 111 Å². The first kappa shape index (κ1) is 14.3. The molecular weight excluding hydrogens is 359 g/mol. The van der Waals surface area contributed by atoms with Crippen molar-refractivity contribution in [3.05, 3.63) is 27.8 Å². The molecule has 6 heteroatoms. The molecule has 0 radical (unpaired) electrons. The van der Waals surface area contributed by atoms with Crippen molar-refractivity contribution in [1.29, 1.82) is 0 Å². The van der Waals surface area contributed by atoms with Gasteiger partial charge >= 0.3 is 0 Å². The number of nitrogen functional groups attached to an aromatic ring is 1. The van der Waals surface area contributed by atoms with E-state index in [1.807, 2.05) is 24.3 Å². The average molecular weight is 366 g/mol. The van der Waals surface area contributed by atoms with Gasteiger partial charge in [-0.15, -0.1) is 0 Å². The molecule has 0 aliphatic carbocycles. The minimum Gasteiger partial charge on any atom is -0.398 e. The quantitative estimate of drug-likeness (QED) is 0.331. The van der Waals surface area contributed by atoms with Crippen LogP contribution in [0.1, 0.15) is 0 Å². The van der Waals surface area contributed by atoms with E-state index in [0.29, 0.717) is 0 Å². The Morgan fingerprint density at radius 1 is 1.29 bits per heavy atom. The third-order valence-corrected chi connectivity index (χ3v) is 2.29. The predicted molar refractivity (Wildman–Crippen MR) is 69.9 cm³/mol. The molecule has 0 aliphatic heterocycles. The average Bonchev–Trinajstić information content (AvgIpc) is 2.10. The fourth-order valence-corrected chi connectivity index (χ4v) is 0.862. The van der Waals surface area contributed by atoms with Crippen LogP contribution in [0.4, 0.5) is 5.69 Å². The summed E-state index contributed by atoms with van der Waals surface area (Å²) in [7, 11) is 0. The Morgan fingerprint density at radius 3 is 1.93 bits per heavy atom. The van der Waals surface area contributed by atoms with Gasteiger partial charge in [0, 0.05) is 9.26 Å². The Kier molecular flexibility index (Phi) is 6.85. The molecule has 0 saturated heterocycles. The van der Waals surface area contributed by atoms with E-state index in [-0.39, 0.29) is 6.29 Å². The van der Waals surface area contributed by atoms with Crippen molar-refractivity contribution in [3.8, 4) is 0 Å². The van der Waals surface area contributed by atoms with Crippen molar-refractivity contribution in [2.75, 3.05) is 5.73 Å². The first-order valence-corrected chi connectivity index (χ1v) is 5.61. The molecule has 14 heavy (non-hydrogen) atoms. The number of anilines is 1. The van der Waals surface area contributed by atoms with E-state index in [0.717, 1.165) is 9.26 Å². The Balaban J connectivity index is 0.000000255. The molecule has 0 aliphatic rings. The van der Waals surface area contributed by atoms with E-state index >= 15 is 0 Å². The lowest BCUT2D eigenvalue weighted by molar-refractivity contribution is -0.107. The van der Waals surface area contributed by atoms with Gasteiger partial charge in [0.2, 0.25) is 3.79 Å². The summed E-state index contributed by atoms with van der Waals surface area (Å²) in [5, 5.41) is 0. The van der Waals surface area contributed by atoms with Crippen molar-refractivity contribution in [2.45, 2.75) is 3.79 Å². The Bertz CT molecular complexity index is 280. The van der Waals surface area contributed by atoms with Crippen molar-refractivity contribution in [3.63, 3.8) is 0 Å². The number of nitrogens with two attached hydrogens (primary N) is 1. The van der Waals surface area contributed by atoms with Crippen LogP contribution in [-0.4, -0.2) is 10.1 Å². The van der Waals surface area contributed by atoms with Crippen LogP contribution in [0.15, 0.2) is 24.3 Å².